The van der Waals surface area contributed by atoms with E-state index in [-0.39, 0.29) is 17.0 Å². The molecule has 0 aliphatic heterocycles. The summed E-state index contributed by atoms with van der Waals surface area (Å²) in [5.74, 6) is -2.16. The number of carbonyl (C=O) groups is 2. The largest absolute Gasteiger partial charge is 0.497 e. The Morgan fingerprint density at radius 3 is 2.07 bits per heavy atom. The van der Waals surface area contributed by atoms with Crippen LogP contribution in [0.3, 0.4) is 0 Å². The van der Waals surface area contributed by atoms with E-state index < -0.39 is 23.2 Å². The van der Waals surface area contributed by atoms with Gasteiger partial charge in [-0.1, -0.05) is 24.3 Å². The van der Waals surface area contributed by atoms with Crippen LogP contribution in [0.2, 0.25) is 0 Å². The van der Waals surface area contributed by atoms with Crippen molar-refractivity contribution in [2.45, 2.75) is 6.54 Å². The first-order valence-electron chi connectivity index (χ1n) is 8.74. The Labute approximate surface area is 166 Å². The molecule has 2 N–H and O–H groups in total. The third kappa shape index (κ3) is 4.95. The molecule has 0 aromatic heterocycles. The SMILES string of the molecule is COc1ccc(CNC(=O)c2cccc(C(=O)Nc3c(F)cccc3F)c2)cc1. The maximum atomic E-state index is 13.7. The van der Waals surface area contributed by atoms with Crippen LogP contribution in [-0.2, 0) is 6.54 Å². The van der Waals surface area contributed by atoms with Crippen LogP contribution >= 0.6 is 0 Å². The third-order valence-electron chi connectivity index (χ3n) is 4.20. The van der Waals surface area contributed by atoms with Crippen molar-refractivity contribution in [2.24, 2.45) is 0 Å². The normalized spacial score (nSPS) is 10.3. The van der Waals surface area contributed by atoms with Crippen molar-refractivity contribution >= 4 is 17.5 Å². The quantitative estimate of drug-likeness (QED) is 0.658. The average Bonchev–Trinajstić information content (AvgIpc) is 2.75. The van der Waals surface area contributed by atoms with Crippen molar-refractivity contribution in [1.29, 1.82) is 0 Å². The van der Waals surface area contributed by atoms with Crippen LogP contribution in [0.1, 0.15) is 26.3 Å². The molecule has 0 aliphatic carbocycles. The zero-order chi connectivity index (χ0) is 20.8. The van der Waals surface area contributed by atoms with Crippen LogP contribution in [0.25, 0.3) is 0 Å². The second-order valence-electron chi connectivity index (χ2n) is 6.16. The Bertz CT molecular complexity index is 1020. The second-order valence-corrected chi connectivity index (χ2v) is 6.16. The lowest BCUT2D eigenvalue weighted by Gasteiger charge is -2.09. The molecule has 7 heteroatoms. The fraction of sp³-hybridized carbons (Fsp3) is 0.0909. The van der Waals surface area contributed by atoms with Crippen LogP contribution in [0.4, 0.5) is 14.5 Å². The standard InChI is InChI=1S/C22H18F2N2O3/c1-29-17-10-8-14(9-11-17)13-25-21(27)15-4-2-5-16(12-15)22(28)26-20-18(23)6-3-7-19(20)24/h2-12H,13H2,1H3,(H,25,27)(H,26,28). The summed E-state index contributed by atoms with van der Waals surface area (Å²) in [6, 6.07) is 16.4. The van der Waals surface area contributed by atoms with Crippen LogP contribution < -0.4 is 15.4 Å². The number of carbonyl (C=O) groups excluding carboxylic acids is 2. The highest BCUT2D eigenvalue weighted by molar-refractivity contribution is 6.06. The molecule has 0 bridgehead atoms. The molecule has 0 radical (unpaired) electrons. The van der Waals surface area contributed by atoms with Crippen molar-refractivity contribution in [2.75, 3.05) is 12.4 Å². The summed E-state index contributed by atoms with van der Waals surface area (Å²) in [5.41, 5.74) is 0.694. The predicted molar refractivity (Wildman–Crippen MR) is 105 cm³/mol. The number of halogens is 2. The molecule has 29 heavy (non-hydrogen) atoms. The zero-order valence-electron chi connectivity index (χ0n) is 15.5. The van der Waals surface area contributed by atoms with E-state index >= 15 is 0 Å². The number of para-hydroxylation sites is 1. The highest BCUT2D eigenvalue weighted by Crippen LogP contribution is 2.19. The van der Waals surface area contributed by atoms with E-state index in [9.17, 15) is 18.4 Å². The van der Waals surface area contributed by atoms with Crippen molar-refractivity contribution in [3.05, 3.63) is 95.1 Å². The number of hydrogen-bond acceptors (Lipinski definition) is 3. The van der Waals surface area contributed by atoms with Gasteiger partial charge in [-0.2, -0.15) is 0 Å². The van der Waals surface area contributed by atoms with E-state index in [2.05, 4.69) is 10.6 Å². The molecule has 0 unspecified atom stereocenters. The van der Waals surface area contributed by atoms with Crippen molar-refractivity contribution < 1.29 is 23.1 Å². The fourth-order valence-corrected chi connectivity index (χ4v) is 2.63. The second kappa shape index (κ2) is 8.97. The van der Waals surface area contributed by atoms with Crippen LogP contribution in [0, 0.1) is 11.6 Å². The Hall–Kier alpha value is -3.74. The molecule has 0 spiro atoms. The first-order chi connectivity index (χ1) is 14.0. The van der Waals surface area contributed by atoms with Gasteiger partial charge in [0, 0.05) is 17.7 Å². The molecule has 0 fully saturated rings. The van der Waals surface area contributed by atoms with E-state index in [4.69, 9.17) is 4.74 Å². The van der Waals surface area contributed by atoms with Gasteiger partial charge in [-0.05, 0) is 48.0 Å². The van der Waals surface area contributed by atoms with Crippen LogP contribution in [0.15, 0.2) is 66.7 Å². The molecule has 5 nitrogen and oxygen atoms in total. The zero-order valence-corrected chi connectivity index (χ0v) is 15.5. The van der Waals surface area contributed by atoms with Gasteiger partial charge in [0.25, 0.3) is 11.8 Å². The lowest BCUT2D eigenvalue weighted by Crippen LogP contribution is -2.23. The Balaban J connectivity index is 1.67. The number of ether oxygens (including phenoxy) is 1. The number of hydrogen-bond donors (Lipinski definition) is 2. The van der Waals surface area contributed by atoms with Crippen molar-refractivity contribution in [3.63, 3.8) is 0 Å². The van der Waals surface area contributed by atoms with Gasteiger partial charge in [0.2, 0.25) is 0 Å². The summed E-state index contributed by atoms with van der Waals surface area (Å²) in [6.45, 7) is 0.291. The first-order valence-corrected chi connectivity index (χ1v) is 8.74. The minimum atomic E-state index is -0.883. The molecular formula is C22H18F2N2O3. The molecule has 0 aliphatic rings. The van der Waals surface area contributed by atoms with E-state index in [1.165, 1.54) is 24.3 Å². The molecule has 0 heterocycles. The summed E-state index contributed by atoms with van der Waals surface area (Å²) >= 11 is 0. The Morgan fingerprint density at radius 2 is 1.45 bits per heavy atom. The summed E-state index contributed by atoms with van der Waals surface area (Å²) in [6.07, 6.45) is 0. The Kier molecular flexibility index (Phi) is 6.19. The van der Waals surface area contributed by atoms with Gasteiger partial charge >= 0.3 is 0 Å². The average molecular weight is 396 g/mol. The van der Waals surface area contributed by atoms with Gasteiger partial charge in [-0.3, -0.25) is 9.59 Å². The van der Waals surface area contributed by atoms with Gasteiger partial charge in [0.05, 0.1) is 7.11 Å². The molecule has 3 rings (SSSR count). The highest BCUT2D eigenvalue weighted by Gasteiger charge is 2.15. The van der Waals surface area contributed by atoms with Crippen molar-refractivity contribution in [1.82, 2.24) is 5.32 Å². The molecule has 3 aromatic rings. The number of benzene rings is 3. The van der Waals surface area contributed by atoms with E-state index in [1.54, 1.807) is 25.3 Å². The summed E-state index contributed by atoms with van der Waals surface area (Å²) in [5, 5.41) is 4.95. The van der Waals surface area contributed by atoms with E-state index in [1.807, 2.05) is 12.1 Å². The molecule has 2 amide bonds. The number of nitrogens with one attached hydrogen (secondary N) is 2. The number of anilines is 1. The van der Waals surface area contributed by atoms with Gasteiger partial charge in [-0.15, -0.1) is 0 Å². The van der Waals surface area contributed by atoms with Gasteiger partial charge in [-0.25, -0.2) is 8.78 Å². The fourth-order valence-electron chi connectivity index (χ4n) is 2.63. The topological polar surface area (TPSA) is 67.4 Å². The predicted octanol–water partition coefficient (Wildman–Crippen LogP) is 4.16. The number of methoxy groups -OCH3 is 1. The van der Waals surface area contributed by atoms with E-state index in [0.717, 1.165) is 17.7 Å². The molecule has 0 saturated carbocycles. The number of amides is 2. The minimum Gasteiger partial charge on any atom is -0.497 e. The van der Waals surface area contributed by atoms with Crippen molar-refractivity contribution in [3.8, 4) is 5.75 Å². The maximum absolute atomic E-state index is 13.7. The van der Waals surface area contributed by atoms with E-state index in [0.29, 0.717) is 12.3 Å². The smallest absolute Gasteiger partial charge is 0.255 e. The molecule has 0 saturated heterocycles. The molecular weight excluding hydrogens is 378 g/mol. The molecule has 3 aromatic carbocycles. The highest BCUT2D eigenvalue weighted by atomic mass is 19.1. The lowest BCUT2D eigenvalue weighted by atomic mass is 10.1. The maximum Gasteiger partial charge on any atom is 0.255 e. The van der Waals surface area contributed by atoms with Gasteiger partial charge in [0.15, 0.2) is 0 Å². The van der Waals surface area contributed by atoms with Crippen LogP contribution in [0.5, 0.6) is 5.75 Å². The minimum absolute atomic E-state index is 0.102. The monoisotopic (exact) mass is 396 g/mol. The third-order valence-corrected chi connectivity index (χ3v) is 4.20. The van der Waals surface area contributed by atoms with Gasteiger partial charge in [0.1, 0.15) is 23.1 Å². The summed E-state index contributed by atoms with van der Waals surface area (Å²) < 4.78 is 32.5. The summed E-state index contributed by atoms with van der Waals surface area (Å²) in [4.78, 5) is 24.7. The van der Waals surface area contributed by atoms with Gasteiger partial charge < -0.3 is 15.4 Å². The summed E-state index contributed by atoms with van der Waals surface area (Å²) in [7, 11) is 1.57. The lowest BCUT2D eigenvalue weighted by molar-refractivity contribution is 0.0951. The molecule has 148 valence electrons. The Morgan fingerprint density at radius 1 is 0.862 bits per heavy atom. The molecule has 0 atom stereocenters. The number of rotatable bonds is 6. The van der Waals surface area contributed by atoms with Crippen LogP contribution in [-0.4, -0.2) is 18.9 Å². The first kappa shape index (κ1) is 20.0.